The van der Waals surface area contributed by atoms with Gasteiger partial charge in [-0.3, -0.25) is 4.79 Å². The van der Waals surface area contributed by atoms with Gasteiger partial charge in [0.1, 0.15) is 0 Å². The number of carbonyl (C=O) groups is 1. The minimum Gasteiger partial charge on any atom is -0.339 e. The first-order valence-electron chi connectivity index (χ1n) is 7.97. The molecule has 1 atom stereocenters. The van der Waals surface area contributed by atoms with Crippen molar-refractivity contribution in [2.75, 3.05) is 7.05 Å². The molecule has 4 nitrogen and oxygen atoms in total. The molecule has 0 bridgehead atoms. The van der Waals surface area contributed by atoms with E-state index < -0.39 is 0 Å². The van der Waals surface area contributed by atoms with Gasteiger partial charge in [0.2, 0.25) is 5.91 Å². The van der Waals surface area contributed by atoms with E-state index in [0.717, 1.165) is 16.6 Å². The topological polar surface area (TPSA) is 38.1 Å². The molecule has 1 aromatic heterocycles. The van der Waals surface area contributed by atoms with Gasteiger partial charge in [0.05, 0.1) is 23.4 Å². The predicted molar refractivity (Wildman–Crippen MR) is 97.0 cm³/mol. The third kappa shape index (κ3) is 3.44. The van der Waals surface area contributed by atoms with Crippen LogP contribution in [0.1, 0.15) is 24.9 Å². The molecule has 0 fully saturated rings. The molecule has 0 saturated carbocycles. The molecule has 0 N–H and O–H groups in total. The van der Waals surface area contributed by atoms with E-state index in [9.17, 15) is 4.79 Å². The fourth-order valence-electron chi connectivity index (χ4n) is 2.79. The van der Waals surface area contributed by atoms with Gasteiger partial charge in [-0.05, 0) is 36.8 Å². The van der Waals surface area contributed by atoms with Crippen molar-refractivity contribution < 1.29 is 4.79 Å². The summed E-state index contributed by atoms with van der Waals surface area (Å²) in [5, 5.41) is 0.685. The molecule has 3 rings (SSSR count). The van der Waals surface area contributed by atoms with Gasteiger partial charge in [-0.15, -0.1) is 0 Å². The molecule has 24 heavy (non-hydrogen) atoms. The van der Waals surface area contributed by atoms with Crippen molar-refractivity contribution in [2.45, 2.75) is 25.9 Å². The van der Waals surface area contributed by atoms with Crippen LogP contribution in [0.2, 0.25) is 5.02 Å². The Morgan fingerprint density at radius 2 is 2.04 bits per heavy atom. The molecule has 2 aromatic carbocycles. The highest BCUT2D eigenvalue weighted by atomic mass is 35.5. The monoisotopic (exact) mass is 341 g/mol. The molecule has 0 aliphatic heterocycles. The Kier molecular flexibility index (Phi) is 4.86. The van der Waals surface area contributed by atoms with Crippen molar-refractivity contribution in [2.24, 2.45) is 0 Å². The number of benzene rings is 2. The van der Waals surface area contributed by atoms with Crippen LogP contribution in [0.4, 0.5) is 0 Å². The molecule has 1 heterocycles. The lowest BCUT2D eigenvalue weighted by Crippen LogP contribution is -2.30. The van der Waals surface area contributed by atoms with Gasteiger partial charge in [-0.1, -0.05) is 35.9 Å². The number of imidazole rings is 1. The van der Waals surface area contributed by atoms with E-state index in [4.69, 9.17) is 11.6 Å². The number of hydrogen-bond acceptors (Lipinski definition) is 2. The van der Waals surface area contributed by atoms with Gasteiger partial charge in [0.25, 0.3) is 0 Å². The van der Waals surface area contributed by atoms with Crippen molar-refractivity contribution in [3.63, 3.8) is 0 Å². The Labute approximate surface area is 146 Å². The number of amides is 1. The molecule has 0 radical (unpaired) electrons. The number of aromatic nitrogens is 2. The highest BCUT2D eigenvalue weighted by Gasteiger charge is 2.17. The van der Waals surface area contributed by atoms with Crippen molar-refractivity contribution in [3.05, 3.63) is 65.4 Å². The first-order valence-corrected chi connectivity index (χ1v) is 8.35. The smallest absolute Gasteiger partial charge is 0.224 e. The minimum atomic E-state index is -0.0178. The lowest BCUT2D eigenvalue weighted by molar-refractivity contribution is -0.132. The van der Waals surface area contributed by atoms with E-state index in [1.807, 2.05) is 67.1 Å². The molecule has 0 aliphatic rings. The van der Waals surface area contributed by atoms with E-state index in [1.54, 1.807) is 11.2 Å². The highest BCUT2D eigenvalue weighted by Crippen LogP contribution is 2.22. The lowest BCUT2D eigenvalue weighted by atomic mass is 10.1. The lowest BCUT2D eigenvalue weighted by Gasteiger charge is -2.25. The molecular weight excluding hydrogens is 322 g/mol. The first kappa shape index (κ1) is 16.5. The third-order valence-corrected chi connectivity index (χ3v) is 4.63. The first-order chi connectivity index (χ1) is 11.6. The van der Waals surface area contributed by atoms with Crippen LogP contribution in [-0.2, 0) is 11.3 Å². The summed E-state index contributed by atoms with van der Waals surface area (Å²) in [4.78, 5) is 18.7. The van der Waals surface area contributed by atoms with Crippen LogP contribution >= 0.6 is 11.6 Å². The number of fused-ring (bicyclic) bond motifs is 1. The number of para-hydroxylation sites is 2. The van der Waals surface area contributed by atoms with Crippen LogP contribution in [0.5, 0.6) is 0 Å². The number of aryl methyl sites for hydroxylation is 1. The summed E-state index contributed by atoms with van der Waals surface area (Å²) in [5.74, 6) is 0.0975. The average Bonchev–Trinajstić information content (AvgIpc) is 3.01. The molecule has 1 unspecified atom stereocenters. The van der Waals surface area contributed by atoms with Crippen LogP contribution in [0.15, 0.2) is 54.9 Å². The minimum absolute atomic E-state index is 0.0178. The number of carbonyl (C=O) groups excluding carboxylic acids is 1. The van der Waals surface area contributed by atoms with Gasteiger partial charge in [-0.25, -0.2) is 4.98 Å². The molecule has 0 aliphatic carbocycles. The molecule has 3 aromatic rings. The van der Waals surface area contributed by atoms with Gasteiger partial charge in [0.15, 0.2) is 0 Å². The standard InChI is InChI=1S/C19H20ClN3O/c1-14(15-6-5-7-16(20)12-15)22(2)19(24)10-11-23-13-21-17-8-3-4-9-18(17)23/h3-9,12-14H,10-11H2,1-2H3. The zero-order valence-electron chi connectivity index (χ0n) is 13.8. The zero-order valence-corrected chi connectivity index (χ0v) is 14.6. The molecule has 0 spiro atoms. The fourth-order valence-corrected chi connectivity index (χ4v) is 2.99. The SMILES string of the molecule is CC(c1cccc(Cl)c1)N(C)C(=O)CCn1cnc2ccccc21. The quantitative estimate of drug-likeness (QED) is 0.694. The van der Waals surface area contributed by atoms with Crippen molar-refractivity contribution in [3.8, 4) is 0 Å². The Morgan fingerprint density at radius 1 is 1.25 bits per heavy atom. The van der Waals surface area contributed by atoms with Crippen LogP contribution in [-0.4, -0.2) is 27.4 Å². The second-order valence-corrected chi connectivity index (χ2v) is 6.35. The summed E-state index contributed by atoms with van der Waals surface area (Å²) < 4.78 is 2.02. The molecule has 5 heteroatoms. The van der Waals surface area contributed by atoms with Gasteiger partial charge >= 0.3 is 0 Å². The van der Waals surface area contributed by atoms with Gasteiger partial charge in [-0.2, -0.15) is 0 Å². The summed E-state index contributed by atoms with van der Waals surface area (Å²) in [6, 6.07) is 15.6. The predicted octanol–water partition coefficient (Wildman–Crippen LogP) is 4.30. The van der Waals surface area contributed by atoms with Crippen LogP contribution in [0, 0.1) is 0 Å². The highest BCUT2D eigenvalue weighted by molar-refractivity contribution is 6.30. The van der Waals surface area contributed by atoms with Crippen molar-refractivity contribution in [1.29, 1.82) is 0 Å². The average molecular weight is 342 g/mol. The number of rotatable bonds is 5. The summed E-state index contributed by atoms with van der Waals surface area (Å²) in [6.45, 7) is 2.63. The Hall–Kier alpha value is -2.33. The summed E-state index contributed by atoms with van der Waals surface area (Å²) in [5.41, 5.74) is 3.04. The van der Waals surface area contributed by atoms with E-state index >= 15 is 0 Å². The van der Waals surface area contributed by atoms with Gasteiger partial charge < -0.3 is 9.47 Å². The maximum atomic E-state index is 12.5. The van der Waals surface area contributed by atoms with Crippen LogP contribution in [0.25, 0.3) is 11.0 Å². The summed E-state index contributed by atoms with van der Waals surface area (Å²) in [7, 11) is 1.83. The van der Waals surface area contributed by atoms with E-state index in [1.165, 1.54) is 0 Å². The Balaban J connectivity index is 1.66. The molecule has 1 amide bonds. The van der Waals surface area contributed by atoms with Crippen molar-refractivity contribution in [1.82, 2.24) is 14.5 Å². The van der Waals surface area contributed by atoms with Crippen LogP contribution in [0.3, 0.4) is 0 Å². The largest absolute Gasteiger partial charge is 0.339 e. The van der Waals surface area contributed by atoms with Crippen molar-refractivity contribution >= 4 is 28.5 Å². The second kappa shape index (κ2) is 7.05. The zero-order chi connectivity index (χ0) is 17.1. The number of hydrogen-bond donors (Lipinski definition) is 0. The summed E-state index contributed by atoms with van der Waals surface area (Å²) >= 11 is 6.04. The van der Waals surface area contributed by atoms with Gasteiger partial charge in [0, 0.05) is 25.0 Å². The number of halogens is 1. The van der Waals surface area contributed by atoms with E-state index in [-0.39, 0.29) is 11.9 Å². The summed E-state index contributed by atoms with van der Waals surface area (Å²) in [6.07, 6.45) is 2.22. The second-order valence-electron chi connectivity index (χ2n) is 5.91. The molecule has 0 saturated heterocycles. The molecule has 124 valence electrons. The molecular formula is C19H20ClN3O. The third-order valence-electron chi connectivity index (χ3n) is 4.40. The fraction of sp³-hybridized carbons (Fsp3) is 0.263. The van der Waals surface area contributed by atoms with E-state index in [2.05, 4.69) is 4.98 Å². The maximum absolute atomic E-state index is 12.5. The van der Waals surface area contributed by atoms with Crippen LogP contribution < -0.4 is 0 Å². The maximum Gasteiger partial charge on any atom is 0.224 e. The normalized spacial score (nSPS) is 12.3. The van der Waals surface area contributed by atoms with E-state index in [0.29, 0.717) is 18.0 Å². The Morgan fingerprint density at radius 3 is 2.83 bits per heavy atom. The number of nitrogens with zero attached hydrogens (tertiary/aromatic N) is 3. The Bertz CT molecular complexity index is 858.